The van der Waals surface area contributed by atoms with Crippen LogP contribution < -0.4 is 4.74 Å². The van der Waals surface area contributed by atoms with Crippen molar-refractivity contribution in [3.05, 3.63) is 53.0 Å². The fraction of sp³-hybridized carbons (Fsp3) is 0.211. The number of amides is 1. The van der Waals surface area contributed by atoms with Crippen LogP contribution in [-0.4, -0.2) is 47.6 Å². The average Bonchev–Trinajstić information content (AvgIpc) is 3.07. The normalized spacial score (nSPS) is 10.6. The van der Waals surface area contributed by atoms with E-state index in [0.717, 1.165) is 15.2 Å². The zero-order valence-corrected chi connectivity index (χ0v) is 15.7. The maximum atomic E-state index is 12.2. The Labute approximate surface area is 159 Å². The summed E-state index contributed by atoms with van der Waals surface area (Å²) in [6, 6.07) is 11.9. The van der Waals surface area contributed by atoms with E-state index in [1.807, 2.05) is 24.3 Å². The van der Waals surface area contributed by atoms with Crippen molar-refractivity contribution in [2.24, 2.45) is 0 Å². The fourth-order valence-corrected chi connectivity index (χ4v) is 3.43. The molecule has 2 aromatic carbocycles. The summed E-state index contributed by atoms with van der Waals surface area (Å²) in [4.78, 5) is 30.2. The van der Waals surface area contributed by atoms with Crippen LogP contribution in [0.3, 0.4) is 0 Å². The molecule has 1 N–H and O–H groups in total. The van der Waals surface area contributed by atoms with E-state index in [2.05, 4.69) is 4.98 Å². The number of nitrogens with zero attached hydrogens (tertiary/aromatic N) is 2. The SMILES string of the molecule is COc1ccc(C(=O)OCC(=O)N(C)Cc2nc3ccccc3s2)c(O)c1. The smallest absolute Gasteiger partial charge is 0.342 e. The molecule has 0 saturated heterocycles. The molecule has 140 valence electrons. The number of carbonyl (C=O) groups excluding carboxylic acids is 2. The molecule has 3 aromatic rings. The number of hydrogen-bond acceptors (Lipinski definition) is 7. The first-order chi connectivity index (χ1) is 13.0. The van der Waals surface area contributed by atoms with Gasteiger partial charge in [0.1, 0.15) is 22.1 Å². The second-order valence-corrected chi connectivity index (χ2v) is 6.90. The largest absolute Gasteiger partial charge is 0.507 e. The van der Waals surface area contributed by atoms with Gasteiger partial charge < -0.3 is 19.5 Å². The second-order valence-electron chi connectivity index (χ2n) is 5.78. The molecule has 0 aliphatic rings. The standard InChI is InChI=1S/C19H18N2O5S/c1-21(10-17-20-14-5-3-4-6-16(14)27-17)18(23)11-26-19(24)13-8-7-12(25-2)9-15(13)22/h3-9,22H,10-11H2,1-2H3. The lowest BCUT2D eigenvalue weighted by Gasteiger charge is -2.15. The molecule has 0 saturated carbocycles. The Morgan fingerprint density at radius 3 is 2.70 bits per heavy atom. The van der Waals surface area contributed by atoms with Gasteiger partial charge in [-0.05, 0) is 24.3 Å². The third-order valence-corrected chi connectivity index (χ3v) is 4.91. The number of rotatable bonds is 6. The lowest BCUT2D eigenvalue weighted by atomic mass is 10.2. The predicted octanol–water partition coefficient (Wildman–Crippen LogP) is 2.83. The summed E-state index contributed by atoms with van der Waals surface area (Å²) >= 11 is 1.51. The molecule has 7 nitrogen and oxygen atoms in total. The second kappa shape index (κ2) is 8.05. The lowest BCUT2D eigenvalue weighted by molar-refractivity contribution is -0.133. The molecule has 0 bridgehead atoms. The molecule has 0 fully saturated rings. The maximum Gasteiger partial charge on any atom is 0.342 e. The average molecular weight is 386 g/mol. The molecular weight excluding hydrogens is 368 g/mol. The number of aromatic hydroxyl groups is 1. The molecule has 0 radical (unpaired) electrons. The van der Waals surface area contributed by atoms with Crippen LogP contribution in [0.25, 0.3) is 10.2 Å². The van der Waals surface area contributed by atoms with Crippen LogP contribution in [-0.2, 0) is 16.1 Å². The molecule has 1 amide bonds. The molecular formula is C19H18N2O5S. The highest BCUT2D eigenvalue weighted by molar-refractivity contribution is 7.18. The van der Waals surface area contributed by atoms with Gasteiger partial charge in [0.15, 0.2) is 6.61 Å². The van der Waals surface area contributed by atoms with E-state index in [-0.39, 0.29) is 17.2 Å². The van der Waals surface area contributed by atoms with E-state index in [1.54, 1.807) is 7.05 Å². The van der Waals surface area contributed by atoms with Gasteiger partial charge in [0, 0.05) is 13.1 Å². The minimum atomic E-state index is -0.781. The first kappa shape index (κ1) is 18.7. The summed E-state index contributed by atoms with van der Waals surface area (Å²) in [5.41, 5.74) is 0.859. The van der Waals surface area contributed by atoms with Crippen molar-refractivity contribution < 1.29 is 24.2 Å². The van der Waals surface area contributed by atoms with E-state index >= 15 is 0 Å². The van der Waals surface area contributed by atoms with Gasteiger partial charge in [-0.25, -0.2) is 9.78 Å². The van der Waals surface area contributed by atoms with Crippen molar-refractivity contribution in [3.63, 3.8) is 0 Å². The highest BCUT2D eigenvalue weighted by Gasteiger charge is 2.18. The number of likely N-dealkylation sites (N-methyl/N-ethyl adjacent to an activating group) is 1. The Morgan fingerprint density at radius 2 is 2.00 bits per heavy atom. The minimum Gasteiger partial charge on any atom is -0.507 e. The highest BCUT2D eigenvalue weighted by Crippen LogP contribution is 2.24. The first-order valence-corrected chi connectivity index (χ1v) is 8.92. The zero-order chi connectivity index (χ0) is 19.4. The van der Waals surface area contributed by atoms with Crippen LogP contribution in [0.15, 0.2) is 42.5 Å². The number of benzene rings is 2. The van der Waals surface area contributed by atoms with Gasteiger partial charge in [-0.15, -0.1) is 11.3 Å². The van der Waals surface area contributed by atoms with E-state index in [4.69, 9.17) is 9.47 Å². The number of methoxy groups -OCH3 is 1. The number of aromatic nitrogens is 1. The van der Waals surface area contributed by atoms with E-state index in [0.29, 0.717) is 12.3 Å². The van der Waals surface area contributed by atoms with Gasteiger partial charge in [-0.1, -0.05) is 12.1 Å². The summed E-state index contributed by atoms with van der Waals surface area (Å²) in [6.45, 7) is -0.102. The number of ether oxygens (including phenoxy) is 2. The Kier molecular flexibility index (Phi) is 5.56. The predicted molar refractivity (Wildman–Crippen MR) is 101 cm³/mol. The number of hydrogen-bond donors (Lipinski definition) is 1. The van der Waals surface area contributed by atoms with E-state index in [9.17, 15) is 14.7 Å². The maximum absolute atomic E-state index is 12.2. The third kappa shape index (κ3) is 4.35. The molecule has 3 rings (SSSR count). The highest BCUT2D eigenvalue weighted by atomic mass is 32.1. The van der Waals surface area contributed by atoms with Gasteiger partial charge in [0.05, 0.1) is 23.9 Å². The van der Waals surface area contributed by atoms with E-state index in [1.165, 1.54) is 41.5 Å². The Hall–Kier alpha value is -3.13. The van der Waals surface area contributed by atoms with Crippen molar-refractivity contribution in [2.75, 3.05) is 20.8 Å². The quantitative estimate of drug-likeness (QED) is 0.656. The van der Waals surface area contributed by atoms with Gasteiger partial charge in [-0.3, -0.25) is 4.79 Å². The number of fused-ring (bicyclic) bond motifs is 1. The van der Waals surface area contributed by atoms with Crippen molar-refractivity contribution in [1.82, 2.24) is 9.88 Å². The first-order valence-electron chi connectivity index (χ1n) is 8.10. The number of para-hydroxylation sites is 1. The number of phenols is 1. The van der Waals surface area contributed by atoms with Crippen molar-refractivity contribution in [1.29, 1.82) is 0 Å². The van der Waals surface area contributed by atoms with Gasteiger partial charge in [0.2, 0.25) is 0 Å². The molecule has 27 heavy (non-hydrogen) atoms. The van der Waals surface area contributed by atoms with Crippen LogP contribution >= 0.6 is 11.3 Å². The number of thiazole rings is 1. The van der Waals surface area contributed by atoms with Crippen LogP contribution in [0.2, 0.25) is 0 Å². The van der Waals surface area contributed by atoms with Crippen LogP contribution in [0.5, 0.6) is 11.5 Å². The summed E-state index contributed by atoms with van der Waals surface area (Å²) in [7, 11) is 3.07. The topological polar surface area (TPSA) is 89.0 Å². The van der Waals surface area contributed by atoms with Crippen molar-refractivity contribution >= 4 is 33.4 Å². The Balaban J connectivity index is 1.57. The monoisotopic (exact) mass is 386 g/mol. The molecule has 0 aliphatic carbocycles. The molecule has 1 aromatic heterocycles. The molecule has 0 aliphatic heterocycles. The molecule has 0 atom stereocenters. The minimum absolute atomic E-state index is 0.0302. The van der Waals surface area contributed by atoms with Crippen LogP contribution in [0, 0.1) is 0 Å². The van der Waals surface area contributed by atoms with E-state index < -0.39 is 12.6 Å². The molecule has 1 heterocycles. The molecule has 0 unspecified atom stereocenters. The number of phenolic OH excluding ortho intramolecular Hbond substituents is 1. The Morgan fingerprint density at radius 1 is 1.22 bits per heavy atom. The van der Waals surface area contributed by atoms with Crippen molar-refractivity contribution in [2.45, 2.75) is 6.54 Å². The van der Waals surface area contributed by atoms with Gasteiger partial charge in [-0.2, -0.15) is 0 Å². The zero-order valence-electron chi connectivity index (χ0n) is 14.8. The van der Waals surface area contributed by atoms with Crippen LogP contribution in [0.4, 0.5) is 0 Å². The van der Waals surface area contributed by atoms with Crippen LogP contribution in [0.1, 0.15) is 15.4 Å². The Bertz CT molecular complexity index is 952. The summed E-state index contributed by atoms with van der Waals surface area (Å²) in [5.74, 6) is -1.00. The van der Waals surface area contributed by atoms with Gasteiger partial charge >= 0.3 is 5.97 Å². The van der Waals surface area contributed by atoms with Crippen molar-refractivity contribution in [3.8, 4) is 11.5 Å². The number of carbonyl (C=O) groups is 2. The summed E-state index contributed by atoms with van der Waals surface area (Å²) in [6.07, 6.45) is 0. The molecule has 0 spiro atoms. The lowest BCUT2D eigenvalue weighted by Crippen LogP contribution is -2.30. The molecule has 8 heteroatoms. The summed E-state index contributed by atoms with van der Waals surface area (Å²) in [5, 5.41) is 10.6. The third-order valence-electron chi connectivity index (χ3n) is 3.89. The summed E-state index contributed by atoms with van der Waals surface area (Å²) < 4.78 is 11.0. The number of esters is 1. The fourth-order valence-electron chi connectivity index (χ4n) is 2.40. The van der Waals surface area contributed by atoms with Gasteiger partial charge in [0.25, 0.3) is 5.91 Å².